The summed E-state index contributed by atoms with van der Waals surface area (Å²) in [7, 11) is -4.62. The quantitative estimate of drug-likeness (QED) is 0.882. The molecule has 1 aliphatic carbocycles. The Labute approximate surface area is 133 Å². The molecule has 1 saturated carbocycles. The molecule has 1 aromatic carbocycles. The van der Waals surface area contributed by atoms with E-state index in [1.165, 1.54) is 25.0 Å². The van der Waals surface area contributed by atoms with Gasteiger partial charge >= 0.3 is 5.76 Å². The zero-order chi connectivity index (χ0) is 16.6. The van der Waals surface area contributed by atoms with Crippen LogP contribution in [0.2, 0.25) is 0 Å². The number of carbonyl (C=O) groups is 1. The van der Waals surface area contributed by atoms with E-state index in [4.69, 9.17) is 0 Å². The standard InChI is InChI=1S/C15H18F2N2O3S/c16-15(17)23(21,22)13-5-1-10(2-6-13)14(20)18-11-7-8-19(9-11)12-3-4-12/h1-2,5-6,11-12,15H,3-4,7-9H2,(H,18,20)/t11-/m0/s1. The minimum absolute atomic E-state index is 0.0765. The van der Waals surface area contributed by atoms with Crippen LogP contribution in [0.15, 0.2) is 29.2 Å². The van der Waals surface area contributed by atoms with Crippen LogP contribution in [0.5, 0.6) is 0 Å². The van der Waals surface area contributed by atoms with Gasteiger partial charge < -0.3 is 5.32 Å². The first-order valence-electron chi connectivity index (χ1n) is 7.55. The average Bonchev–Trinajstić information content (AvgIpc) is 3.27. The van der Waals surface area contributed by atoms with Crippen LogP contribution in [0.25, 0.3) is 0 Å². The lowest BCUT2D eigenvalue weighted by molar-refractivity contribution is 0.0937. The van der Waals surface area contributed by atoms with Crippen LogP contribution < -0.4 is 5.32 Å². The largest absolute Gasteiger partial charge is 0.348 e. The molecular weight excluding hydrogens is 326 g/mol. The first-order valence-corrected chi connectivity index (χ1v) is 9.09. The molecular formula is C15H18F2N2O3S. The van der Waals surface area contributed by atoms with E-state index in [1.807, 2.05) is 0 Å². The maximum absolute atomic E-state index is 12.5. The molecule has 1 saturated heterocycles. The fraction of sp³-hybridized carbons (Fsp3) is 0.533. The van der Waals surface area contributed by atoms with Gasteiger partial charge in [0.25, 0.3) is 5.91 Å². The summed E-state index contributed by atoms with van der Waals surface area (Å²) in [5.74, 6) is -3.78. The summed E-state index contributed by atoms with van der Waals surface area (Å²) < 4.78 is 47.6. The van der Waals surface area contributed by atoms with Gasteiger partial charge in [-0.1, -0.05) is 0 Å². The number of likely N-dealkylation sites (tertiary alicyclic amines) is 1. The second-order valence-electron chi connectivity index (χ2n) is 6.02. The lowest BCUT2D eigenvalue weighted by Crippen LogP contribution is -2.37. The highest BCUT2D eigenvalue weighted by Crippen LogP contribution is 2.29. The molecule has 5 nitrogen and oxygen atoms in total. The van der Waals surface area contributed by atoms with Crippen LogP contribution in [0.1, 0.15) is 29.6 Å². The van der Waals surface area contributed by atoms with Crippen molar-refractivity contribution in [2.75, 3.05) is 13.1 Å². The predicted octanol–water partition coefficient (Wildman–Crippen LogP) is 1.65. The van der Waals surface area contributed by atoms with Crippen LogP contribution in [0, 0.1) is 0 Å². The molecule has 0 radical (unpaired) electrons. The van der Waals surface area contributed by atoms with Crippen LogP contribution in [0.3, 0.4) is 0 Å². The van der Waals surface area contributed by atoms with E-state index >= 15 is 0 Å². The van der Waals surface area contributed by atoms with E-state index in [9.17, 15) is 22.0 Å². The molecule has 8 heteroatoms. The van der Waals surface area contributed by atoms with Gasteiger partial charge in [-0.25, -0.2) is 8.42 Å². The van der Waals surface area contributed by atoms with Gasteiger partial charge in [-0.15, -0.1) is 0 Å². The third-order valence-electron chi connectivity index (χ3n) is 4.30. The number of rotatable bonds is 5. The first kappa shape index (κ1) is 16.3. The predicted molar refractivity (Wildman–Crippen MR) is 80.1 cm³/mol. The summed E-state index contributed by atoms with van der Waals surface area (Å²) >= 11 is 0. The lowest BCUT2D eigenvalue weighted by atomic mass is 10.2. The van der Waals surface area contributed by atoms with E-state index in [1.54, 1.807) is 0 Å². The van der Waals surface area contributed by atoms with Crippen molar-refractivity contribution in [3.8, 4) is 0 Å². The van der Waals surface area contributed by atoms with Crippen molar-refractivity contribution < 1.29 is 22.0 Å². The summed E-state index contributed by atoms with van der Waals surface area (Å²) in [5.41, 5.74) is 0.267. The number of nitrogens with zero attached hydrogens (tertiary/aromatic N) is 1. The van der Waals surface area contributed by atoms with Crippen LogP contribution in [-0.2, 0) is 9.84 Å². The number of halogens is 2. The van der Waals surface area contributed by atoms with Crippen LogP contribution in [-0.4, -0.2) is 50.2 Å². The Morgan fingerprint density at radius 3 is 2.39 bits per heavy atom. The topological polar surface area (TPSA) is 66.5 Å². The van der Waals surface area contributed by atoms with Crippen molar-refractivity contribution in [2.24, 2.45) is 0 Å². The number of nitrogens with one attached hydrogen (secondary N) is 1. The third-order valence-corrected chi connectivity index (χ3v) is 5.70. The van der Waals surface area contributed by atoms with E-state index < -0.39 is 20.5 Å². The number of carbonyl (C=O) groups excluding carboxylic acids is 1. The summed E-state index contributed by atoms with van der Waals surface area (Å²) in [5, 5.41) is 2.91. The van der Waals surface area contributed by atoms with Crippen molar-refractivity contribution in [3.05, 3.63) is 29.8 Å². The Kier molecular flexibility index (Phi) is 4.37. The van der Waals surface area contributed by atoms with E-state index in [0.717, 1.165) is 31.6 Å². The molecule has 1 amide bonds. The molecule has 0 spiro atoms. The molecule has 0 unspecified atom stereocenters. The molecule has 126 valence electrons. The Bertz CT molecular complexity index is 687. The summed E-state index contributed by atoms with van der Waals surface area (Å²) in [6, 6.07) is 5.35. The number of hydrogen-bond donors (Lipinski definition) is 1. The van der Waals surface area contributed by atoms with Crippen LogP contribution in [0.4, 0.5) is 8.78 Å². The maximum Gasteiger partial charge on any atom is 0.341 e. The molecule has 1 heterocycles. The smallest absolute Gasteiger partial charge is 0.341 e. The second kappa shape index (κ2) is 6.16. The van der Waals surface area contributed by atoms with Crippen molar-refractivity contribution in [1.82, 2.24) is 10.2 Å². The summed E-state index contributed by atoms with van der Waals surface area (Å²) in [6.45, 7) is 1.80. The number of benzene rings is 1. The van der Waals surface area contributed by atoms with Gasteiger partial charge in [-0.3, -0.25) is 9.69 Å². The highest BCUT2D eigenvalue weighted by molar-refractivity contribution is 7.91. The molecule has 1 aromatic rings. The fourth-order valence-corrected chi connectivity index (χ4v) is 3.57. The molecule has 2 aliphatic rings. The van der Waals surface area contributed by atoms with Gasteiger partial charge in [0.2, 0.25) is 9.84 Å². The zero-order valence-corrected chi connectivity index (χ0v) is 13.2. The first-order chi connectivity index (χ1) is 10.9. The van der Waals surface area contributed by atoms with Gasteiger partial charge in [-0.2, -0.15) is 8.78 Å². The molecule has 2 fully saturated rings. The van der Waals surface area contributed by atoms with Crippen molar-refractivity contribution in [1.29, 1.82) is 0 Å². The summed E-state index contributed by atoms with van der Waals surface area (Å²) in [4.78, 5) is 14.0. The van der Waals surface area contributed by atoms with Gasteiger partial charge in [0.1, 0.15) is 0 Å². The SMILES string of the molecule is O=C(N[C@H]1CCN(C2CC2)C1)c1ccc(S(=O)(=O)C(F)F)cc1. The van der Waals surface area contributed by atoms with E-state index in [0.29, 0.717) is 6.04 Å². The Morgan fingerprint density at radius 2 is 1.83 bits per heavy atom. The van der Waals surface area contributed by atoms with E-state index in [2.05, 4.69) is 10.2 Å². The second-order valence-corrected chi connectivity index (χ2v) is 7.93. The van der Waals surface area contributed by atoms with Crippen LogP contribution >= 0.6 is 0 Å². The number of sulfone groups is 1. The maximum atomic E-state index is 12.5. The van der Waals surface area contributed by atoms with Crippen molar-refractivity contribution >= 4 is 15.7 Å². The number of hydrogen-bond acceptors (Lipinski definition) is 4. The molecule has 1 N–H and O–H groups in total. The molecule has 23 heavy (non-hydrogen) atoms. The number of alkyl halides is 2. The zero-order valence-electron chi connectivity index (χ0n) is 12.4. The third kappa shape index (κ3) is 3.53. The van der Waals surface area contributed by atoms with Crippen molar-refractivity contribution in [3.63, 3.8) is 0 Å². The molecule has 0 bridgehead atoms. The molecule has 3 rings (SSSR count). The normalized spacial score (nSPS) is 22.5. The van der Waals surface area contributed by atoms with Crippen molar-refractivity contribution in [2.45, 2.75) is 42.0 Å². The molecule has 1 atom stereocenters. The molecule has 0 aromatic heterocycles. The Morgan fingerprint density at radius 1 is 1.17 bits per heavy atom. The van der Waals surface area contributed by atoms with Gasteiger partial charge in [0.15, 0.2) is 0 Å². The highest BCUT2D eigenvalue weighted by atomic mass is 32.2. The van der Waals surface area contributed by atoms with Gasteiger partial charge in [0.05, 0.1) is 4.90 Å². The fourth-order valence-electron chi connectivity index (χ4n) is 2.84. The Hall–Kier alpha value is -1.54. The monoisotopic (exact) mass is 344 g/mol. The Balaban J connectivity index is 1.62. The average molecular weight is 344 g/mol. The summed E-state index contributed by atoms with van der Waals surface area (Å²) in [6.07, 6.45) is 3.33. The molecule has 1 aliphatic heterocycles. The van der Waals surface area contributed by atoms with Gasteiger partial charge in [0, 0.05) is 30.7 Å². The minimum atomic E-state index is -4.62. The van der Waals surface area contributed by atoms with E-state index in [-0.39, 0.29) is 17.5 Å². The minimum Gasteiger partial charge on any atom is -0.348 e. The lowest BCUT2D eigenvalue weighted by Gasteiger charge is -2.15. The highest BCUT2D eigenvalue weighted by Gasteiger charge is 2.35. The number of amides is 1. The van der Waals surface area contributed by atoms with Gasteiger partial charge in [-0.05, 0) is 43.5 Å².